The summed E-state index contributed by atoms with van der Waals surface area (Å²) in [5.74, 6) is -0.927. The summed E-state index contributed by atoms with van der Waals surface area (Å²) in [5, 5.41) is 20.1. The summed E-state index contributed by atoms with van der Waals surface area (Å²) in [7, 11) is 0. The van der Waals surface area contributed by atoms with Gasteiger partial charge >= 0.3 is 5.97 Å². The van der Waals surface area contributed by atoms with Crippen molar-refractivity contribution in [2.24, 2.45) is 0 Å². The number of carbonyl (C=O) groups is 1. The smallest absolute Gasteiger partial charge is 0.326 e. The summed E-state index contributed by atoms with van der Waals surface area (Å²) in [4.78, 5) is 23.3. The molecule has 1 fully saturated rings. The van der Waals surface area contributed by atoms with E-state index >= 15 is 0 Å². The average Bonchev–Trinajstić information content (AvgIpc) is 2.77. The first-order valence-electron chi connectivity index (χ1n) is 5.75. The predicted molar refractivity (Wildman–Crippen MR) is 65.8 cm³/mol. The van der Waals surface area contributed by atoms with Gasteiger partial charge in [-0.15, -0.1) is 0 Å². The van der Waals surface area contributed by atoms with E-state index < -0.39 is 16.9 Å². The second-order valence-corrected chi connectivity index (χ2v) is 4.44. The highest BCUT2D eigenvalue weighted by atomic mass is 16.6. The van der Waals surface area contributed by atoms with Gasteiger partial charge in [-0.2, -0.15) is 0 Å². The Kier molecular flexibility index (Phi) is 3.18. The average molecular weight is 250 g/mol. The van der Waals surface area contributed by atoms with Crippen LogP contribution in [0.25, 0.3) is 0 Å². The molecule has 18 heavy (non-hydrogen) atoms. The Morgan fingerprint density at radius 3 is 2.89 bits per heavy atom. The number of benzene rings is 1. The molecule has 1 aromatic rings. The molecule has 1 aliphatic rings. The van der Waals surface area contributed by atoms with E-state index in [9.17, 15) is 14.9 Å². The van der Waals surface area contributed by atoms with Gasteiger partial charge in [0.15, 0.2) is 0 Å². The molecule has 1 aliphatic heterocycles. The van der Waals surface area contributed by atoms with Gasteiger partial charge < -0.3 is 10.0 Å². The number of nitro groups is 1. The highest BCUT2D eigenvalue weighted by Gasteiger charge is 2.34. The minimum absolute atomic E-state index is 0.0336. The van der Waals surface area contributed by atoms with Crippen molar-refractivity contribution in [2.75, 3.05) is 11.4 Å². The lowest BCUT2D eigenvalue weighted by Gasteiger charge is -2.23. The van der Waals surface area contributed by atoms with E-state index in [0.717, 1.165) is 12.0 Å². The molecule has 1 atom stereocenters. The van der Waals surface area contributed by atoms with E-state index in [1.165, 1.54) is 6.07 Å². The number of aliphatic carboxylic acids is 1. The zero-order valence-electron chi connectivity index (χ0n) is 10.00. The second-order valence-electron chi connectivity index (χ2n) is 4.44. The lowest BCUT2D eigenvalue weighted by atomic mass is 10.1. The predicted octanol–water partition coefficient (Wildman–Crippen LogP) is 1.96. The number of anilines is 1. The van der Waals surface area contributed by atoms with Gasteiger partial charge in [0, 0.05) is 12.6 Å². The van der Waals surface area contributed by atoms with Crippen LogP contribution in [0.15, 0.2) is 18.2 Å². The van der Waals surface area contributed by atoms with E-state index in [0.29, 0.717) is 18.7 Å². The first-order chi connectivity index (χ1) is 8.50. The van der Waals surface area contributed by atoms with E-state index in [2.05, 4.69) is 0 Å². The van der Waals surface area contributed by atoms with Crippen LogP contribution in [-0.4, -0.2) is 28.6 Å². The molecular weight excluding hydrogens is 236 g/mol. The molecule has 0 saturated carbocycles. The first-order valence-corrected chi connectivity index (χ1v) is 5.75. The van der Waals surface area contributed by atoms with E-state index in [-0.39, 0.29) is 5.69 Å². The van der Waals surface area contributed by atoms with Crippen LogP contribution in [0.4, 0.5) is 11.4 Å². The molecule has 0 amide bonds. The summed E-state index contributed by atoms with van der Waals surface area (Å²) >= 11 is 0. The van der Waals surface area contributed by atoms with Crippen molar-refractivity contribution in [2.45, 2.75) is 25.8 Å². The zero-order valence-corrected chi connectivity index (χ0v) is 10.00. The number of carboxylic acid groups (broad SMARTS) is 1. The molecule has 0 aromatic heterocycles. The van der Waals surface area contributed by atoms with Crippen molar-refractivity contribution >= 4 is 17.3 Å². The number of nitrogens with zero attached hydrogens (tertiary/aromatic N) is 2. The minimum Gasteiger partial charge on any atom is -0.480 e. The fraction of sp³-hybridized carbons (Fsp3) is 0.417. The van der Waals surface area contributed by atoms with Gasteiger partial charge in [0.2, 0.25) is 0 Å². The van der Waals surface area contributed by atoms with Crippen LogP contribution in [-0.2, 0) is 4.79 Å². The van der Waals surface area contributed by atoms with Crippen molar-refractivity contribution in [3.05, 3.63) is 33.9 Å². The van der Waals surface area contributed by atoms with Crippen LogP contribution in [0, 0.1) is 17.0 Å². The Bertz CT molecular complexity index is 501. The van der Waals surface area contributed by atoms with Gasteiger partial charge in [0.25, 0.3) is 5.69 Å². The summed E-state index contributed by atoms with van der Waals surface area (Å²) in [5.41, 5.74) is 1.25. The van der Waals surface area contributed by atoms with Crippen molar-refractivity contribution < 1.29 is 14.8 Å². The Morgan fingerprint density at radius 2 is 2.28 bits per heavy atom. The molecule has 0 bridgehead atoms. The second kappa shape index (κ2) is 4.64. The normalized spacial score (nSPS) is 18.9. The fourth-order valence-electron chi connectivity index (χ4n) is 2.33. The molecule has 1 N–H and O–H groups in total. The fourth-order valence-corrected chi connectivity index (χ4v) is 2.33. The molecule has 1 aromatic carbocycles. The maximum atomic E-state index is 11.1. The molecule has 6 heteroatoms. The van der Waals surface area contributed by atoms with E-state index in [4.69, 9.17) is 5.11 Å². The number of rotatable bonds is 3. The van der Waals surface area contributed by atoms with Crippen LogP contribution < -0.4 is 4.90 Å². The Labute approximate surface area is 104 Å². The van der Waals surface area contributed by atoms with Crippen LogP contribution in [0.2, 0.25) is 0 Å². The van der Waals surface area contributed by atoms with Crippen molar-refractivity contribution in [1.82, 2.24) is 0 Å². The number of nitro benzene ring substituents is 1. The number of carboxylic acids is 1. The summed E-state index contributed by atoms with van der Waals surface area (Å²) < 4.78 is 0. The largest absolute Gasteiger partial charge is 0.480 e. The minimum atomic E-state index is -0.927. The molecular formula is C12H14N2O4. The standard InChI is InChI=1S/C12H14N2O4/c1-8-4-5-9(14(17)18)11(7-8)13-6-2-3-10(13)12(15)16/h4-5,7,10H,2-3,6H2,1H3,(H,15,16). The van der Waals surface area contributed by atoms with Crippen LogP contribution >= 0.6 is 0 Å². The maximum absolute atomic E-state index is 11.1. The molecule has 6 nitrogen and oxygen atoms in total. The molecule has 1 saturated heterocycles. The van der Waals surface area contributed by atoms with Crippen molar-refractivity contribution in [1.29, 1.82) is 0 Å². The van der Waals surface area contributed by atoms with Crippen LogP contribution in [0.5, 0.6) is 0 Å². The summed E-state index contributed by atoms with van der Waals surface area (Å²) in [6, 6.07) is 4.11. The number of aryl methyl sites for hydroxylation is 1. The zero-order chi connectivity index (χ0) is 13.3. The van der Waals surface area contributed by atoms with Crippen molar-refractivity contribution in [3.8, 4) is 0 Å². The molecule has 2 rings (SSSR count). The Morgan fingerprint density at radius 1 is 1.56 bits per heavy atom. The highest BCUT2D eigenvalue weighted by molar-refractivity contribution is 5.81. The molecule has 1 unspecified atom stereocenters. The van der Waals surface area contributed by atoms with Gasteiger partial charge in [-0.1, -0.05) is 6.07 Å². The number of hydrogen-bond donors (Lipinski definition) is 1. The third-order valence-corrected chi connectivity index (χ3v) is 3.17. The SMILES string of the molecule is Cc1ccc([N+](=O)[O-])c(N2CCCC2C(=O)O)c1. The summed E-state index contributed by atoms with van der Waals surface area (Å²) in [6.07, 6.45) is 1.27. The topological polar surface area (TPSA) is 83.7 Å². The third kappa shape index (κ3) is 2.13. The van der Waals surface area contributed by atoms with Gasteiger partial charge in [-0.3, -0.25) is 10.1 Å². The lowest BCUT2D eigenvalue weighted by Crippen LogP contribution is -2.36. The summed E-state index contributed by atoms with van der Waals surface area (Å²) in [6.45, 7) is 2.38. The van der Waals surface area contributed by atoms with Gasteiger partial charge in [-0.25, -0.2) is 4.79 Å². The van der Waals surface area contributed by atoms with Gasteiger partial charge in [0.05, 0.1) is 4.92 Å². The third-order valence-electron chi connectivity index (χ3n) is 3.17. The van der Waals surface area contributed by atoms with E-state index in [1.54, 1.807) is 17.0 Å². The molecule has 1 heterocycles. The van der Waals surface area contributed by atoms with Gasteiger partial charge in [-0.05, 0) is 31.4 Å². The Hall–Kier alpha value is -2.11. The van der Waals surface area contributed by atoms with Gasteiger partial charge in [0.1, 0.15) is 11.7 Å². The van der Waals surface area contributed by atoms with Crippen molar-refractivity contribution in [3.63, 3.8) is 0 Å². The van der Waals surface area contributed by atoms with Crippen LogP contribution in [0.1, 0.15) is 18.4 Å². The lowest BCUT2D eigenvalue weighted by molar-refractivity contribution is -0.384. The number of hydrogen-bond acceptors (Lipinski definition) is 4. The highest BCUT2D eigenvalue weighted by Crippen LogP contribution is 2.34. The maximum Gasteiger partial charge on any atom is 0.326 e. The molecule has 96 valence electrons. The monoisotopic (exact) mass is 250 g/mol. The molecule has 0 radical (unpaired) electrons. The first kappa shape index (κ1) is 12.3. The molecule has 0 aliphatic carbocycles. The quantitative estimate of drug-likeness (QED) is 0.654. The Balaban J connectivity index is 2.46. The van der Waals surface area contributed by atoms with E-state index in [1.807, 2.05) is 6.92 Å². The van der Waals surface area contributed by atoms with Crippen LogP contribution in [0.3, 0.4) is 0 Å². The molecule has 0 spiro atoms.